The first-order valence-electron chi connectivity index (χ1n) is 7.14. The number of carbonyl (C=O) groups excluding carboxylic acids is 1. The summed E-state index contributed by atoms with van der Waals surface area (Å²) in [6.07, 6.45) is 6.18. The molecule has 0 spiro atoms. The van der Waals surface area contributed by atoms with Crippen LogP contribution in [0.15, 0.2) is 0 Å². The Bertz CT molecular complexity index is 247. The topological polar surface area (TPSA) is 55.1 Å². The highest BCUT2D eigenvalue weighted by molar-refractivity contribution is 5.83. The van der Waals surface area contributed by atoms with Gasteiger partial charge in [0.15, 0.2) is 0 Å². The Kier molecular flexibility index (Phi) is 5.44. The van der Waals surface area contributed by atoms with E-state index in [2.05, 4.69) is 26.1 Å². The van der Waals surface area contributed by atoms with E-state index in [1.54, 1.807) is 0 Å². The van der Waals surface area contributed by atoms with E-state index < -0.39 is 0 Å². The predicted molar refractivity (Wildman–Crippen MR) is 71.6 cm³/mol. The lowest BCUT2D eigenvalue weighted by atomic mass is 9.78. The van der Waals surface area contributed by atoms with Gasteiger partial charge in [-0.25, -0.2) is 0 Å². The van der Waals surface area contributed by atoms with Gasteiger partial charge >= 0.3 is 0 Å². The lowest BCUT2D eigenvalue weighted by Gasteiger charge is -2.30. The smallest absolute Gasteiger partial charge is 0.227 e. The first kappa shape index (κ1) is 14.5. The zero-order chi connectivity index (χ0) is 12.9. The van der Waals surface area contributed by atoms with E-state index in [4.69, 9.17) is 5.73 Å². The first-order chi connectivity index (χ1) is 8.13. The second kappa shape index (κ2) is 6.39. The van der Waals surface area contributed by atoms with Crippen LogP contribution in [0, 0.1) is 11.3 Å². The second-order valence-electron chi connectivity index (χ2n) is 5.47. The molecule has 1 amide bonds. The minimum atomic E-state index is -0.315. The Hall–Kier alpha value is -0.570. The molecular weight excluding hydrogens is 212 g/mol. The molecule has 0 saturated heterocycles. The lowest BCUT2D eigenvalue weighted by Crippen LogP contribution is -2.47. The van der Waals surface area contributed by atoms with Crippen LogP contribution in [0.2, 0.25) is 0 Å². The number of nitrogens with one attached hydrogen (secondary N) is 1. The van der Waals surface area contributed by atoms with Crippen molar-refractivity contribution in [1.82, 2.24) is 5.32 Å². The third-order valence-electron chi connectivity index (χ3n) is 4.09. The third-order valence-corrected chi connectivity index (χ3v) is 4.09. The standard InChI is InChI=1S/C14H28N2O/c1-4-7-14(10-15,8-5-2)13(17)16-12-9-11(12)6-3/h11-12H,4-10,15H2,1-3H3,(H,16,17). The van der Waals surface area contributed by atoms with Crippen LogP contribution in [0.5, 0.6) is 0 Å². The Labute approximate surface area is 106 Å². The molecule has 0 aromatic heterocycles. The summed E-state index contributed by atoms with van der Waals surface area (Å²) in [5.41, 5.74) is 5.57. The van der Waals surface area contributed by atoms with Crippen LogP contribution in [-0.2, 0) is 4.79 Å². The quantitative estimate of drug-likeness (QED) is 0.684. The minimum Gasteiger partial charge on any atom is -0.353 e. The largest absolute Gasteiger partial charge is 0.353 e. The summed E-state index contributed by atoms with van der Waals surface area (Å²) in [7, 11) is 0. The van der Waals surface area contributed by atoms with Crippen LogP contribution >= 0.6 is 0 Å². The van der Waals surface area contributed by atoms with Gasteiger partial charge < -0.3 is 11.1 Å². The van der Waals surface area contributed by atoms with E-state index >= 15 is 0 Å². The van der Waals surface area contributed by atoms with Gasteiger partial charge in [-0.05, 0) is 25.2 Å². The molecule has 0 heterocycles. The van der Waals surface area contributed by atoms with Gasteiger partial charge in [0, 0.05) is 12.6 Å². The molecule has 3 nitrogen and oxygen atoms in total. The zero-order valence-corrected chi connectivity index (χ0v) is 11.6. The zero-order valence-electron chi connectivity index (χ0n) is 11.6. The van der Waals surface area contributed by atoms with Gasteiger partial charge in [-0.15, -0.1) is 0 Å². The van der Waals surface area contributed by atoms with E-state index in [-0.39, 0.29) is 11.3 Å². The van der Waals surface area contributed by atoms with Crippen molar-refractivity contribution in [3.8, 4) is 0 Å². The molecule has 3 heteroatoms. The van der Waals surface area contributed by atoms with E-state index in [1.807, 2.05) is 0 Å². The Morgan fingerprint density at radius 1 is 1.29 bits per heavy atom. The summed E-state index contributed by atoms with van der Waals surface area (Å²) >= 11 is 0. The van der Waals surface area contributed by atoms with Crippen molar-refractivity contribution in [3.05, 3.63) is 0 Å². The highest BCUT2D eigenvalue weighted by Gasteiger charge is 2.42. The molecule has 0 aliphatic heterocycles. The molecule has 17 heavy (non-hydrogen) atoms. The van der Waals surface area contributed by atoms with E-state index in [0.29, 0.717) is 18.5 Å². The van der Waals surface area contributed by atoms with Gasteiger partial charge in [-0.3, -0.25) is 4.79 Å². The van der Waals surface area contributed by atoms with Crippen molar-refractivity contribution in [2.75, 3.05) is 6.54 Å². The molecule has 3 N–H and O–H groups in total. The molecule has 100 valence electrons. The fraction of sp³-hybridized carbons (Fsp3) is 0.929. The second-order valence-corrected chi connectivity index (χ2v) is 5.47. The van der Waals surface area contributed by atoms with E-state index in [0.717, 1.165) is 32.1 Å². The number of amides is 1. The number of hydrogen-bond donors (Lipinski definition) is 2. The van der Waals surface area contributed by atoms with Gasteiger partial charge in [-0.1, -0.05) is 40.0 Å². The van der Waals surface area contributed by atoms with Gasteiger partial charge in [0.1, 0.15) is 0 Å². The average Bonchev–Trinajstić information content (AvgIpc) is 3.07. The monoisotopic (exact) mass is 240 g/mol. The molecule has 1 rings (SSSR count). The Morgan fingerprint density at radius 2 is 1.88 bits per heavy atom. The molecule has 0 bridgehead atoms. The fourth-order valence-electron chi connectivity index (χ4n) is 2.80. The van der Waals surface area contributed by atoms with Gasteiger partial charge in [0.2, 0.25) is 5.91 Å². The van der Waals surface area contributed by atoms with E-state index in [1.165, 1.54) is 6.42 Å². The maximum Gasteiger partial charge on any atom is 0.227 e. The molecule has 2 atom stereocenters. The maximum atomic E-state index is 12.4. The minimum absolute atomic E-state index is 0.199. The van der Waals surface area contributed by atoms with Crippen molar-refractivity contribution >= 4 is 5.91 Å². The van der Waals surface area contributed by atoms with Crippen LogP contribution in [0.25, 0.3) is 0 Å². The van der Waals surface area contributed by atoms with Crippen LogP contribution in [0.1, 0.15) is 59.3 Å². The summed E-state index contributed by atoms with van der Waals surface area (Å²) in [6.45, 7) is 6.91. The van der Waals surface area contributed by atoms with Gasteiger partial charge in [-0.2, -0.15) is 0 Å². The summed E-state index contributed by atoms with van der Waals surface area (Å²) in [6, 6.07) is 0.423. The predicted octanol–water partition coefficient (Wildman–Crippen LogP) is 2.45. The molecule has 0 aromatic rings. The normalized spacial score (nSPS) is 23.5. The van der Waals surface area contributed by atoms with Crippen molar-refractivity contribution in [1.29, 1.82) is 0 Å². The highest BCUT2D eigenvalue weighted by Crippen LogP contribution is 2.36. The number of nitrogens with two attached hydrogens (primary N) is 1. The molecule has 1 fully saturated rings. The van der Waals surface area contributed by atoms with Crippen LogP contribution < -0.4 is 11.1 Å². The molecular formula is C14H28N2O. The van der Waals surface area contributed by atoms with Crippen molar-refractivity contribution in [2.24, 2.45) is 17.1 Å². The Balaban J connectivity index is 2.58. The number of carbonyl (C=O) groups is 1. The summed E-state index contributed by atoms with van der Waals surface area (Å²) in [5, 5.41) is 3.20. The third kappa shape index (κ3) is 3.44. The first-order valence-corrected chi connectivity index (χ1v) is 7.14. The van der Waals surface area contributed by atoms with Crippen molar-refractivity contribution in [2.45, 2.75) is 65.3 Å². The van der Waals surface area contributed by atoms with Gasteiger partial charge in [0.05, 0.1) is 5.41 Å². The van der Waals surface area contributed by atoms with Crippen LogP contribution in [-0.4, -0.2) is 18.5 Å². The average molecular weight is 240 g/mol. The molecule has 0 aromatic carbocycles. The molecule has 1 aliphatic carbocycles. The summed E-state index contributed by atoms with van der Waals surface area (Å²) in [5.74, 6) is 0.905. The van der Waals surface area contributed by atoms with Crippen molar-refractivity contribution < 1.29 is 4.79 Å². The van der Waals surface area contributed by atoms with Crippen LogP contribution in [0.4, 0.5) is 0 Å². The number of rotatable bonds is 8. The highest BCUT2D eigenvalue weighted by atomic mass is 16.2. The number of hydrogen-bond acceptors (Lipinski definition) is 2. The maximum absolute atomic E-state index is 12.4. The molecule has 1 aliphatic rings. The fourth-order valence-corrected chi connectivity index (χ4v) is 2.80. The summed E-state index contributed by atoms with van der Waals surface area (Å²) < 4.78 is 0. The Morgan fingerprint density at radius 3 is 2.24 bits per heavy atom. The molecule has 2 unspecified atom stereocenters. The lowest BCUT2D eigenvalue weighted by molar-refractivity contribution is -0.131. The SMILES string of the molecule is CCCC(CN)(CCC)C(=O)NC1CC1CC. The van der Waals surface area contributed by atoms with Gasteiger partial charge in [0.25, 0.3) is 0 Å². The van der Waals surface area contributed by atoms with Crippen LogP contribution in [0.3, 0.4) is 0 Å². The summed E-state index contributed by atoms with van der Waals surface area (Å²) in [4.78, 5) is 12.4. The molecule has 1 saturated carbocycles. The van der Waals surface area contributed by atoms with Crippen molar-refractivity contribution in [3.63, 3.8) is 0 Å². The molecule has 0 radical (unpaired) electrons. The van der Waals surface area contributed by atoms with E-state index in [9.17, 15) is 4.79 Å².